The Morgan fingerprint density at radius 1 is 0.636 bits per heavy atom. The van der Waals surface area contributed by atoms with Gasteiger partial charge >= 0.3 is 0 Å². The number of amides is 3. The fourth-order valence-corrected chi connectivity index (χ4v) is 8.14. The predicted molar refractivity (Wildman–Crippen MR) is 282 cm³/mol. The molecule has 0 spiro atoms. The second kappa shape index (κ2) is 25.3. The number of nitrogens with zero attached hydrogens (tertiary/aromatic N) is 6. The van der Waals surface area contributed by atoms with Gasteiger partial charge in [-0.2, -0.15) is 0 Å². The summed E-state index contributed by atoms with van der Waals surface area (Å²) in [5.41, 5.74) is 9.71. The molecule has 3 aromatic carbocycles. The molecule has 24 heteroatoms. The molecule has 2 aliphatic heterocycles. The summed E-state index contributed by atoms with van der Waals surface area (Å²) < 4.78 is 42.1. The third-order valence-electron chi connectivity index (χ3n) is 11.1. The first-order valence-corrected chi connectivity index (χ1v) is 23.6. The molecule has 8 aromatic rings. The summed E-state index contributed by atoms with van der Waals surface area (Å²) >= 11 is 11.3. The van der Waals surface area contributed by atoms with Gasteiger partial charge in [-0.3, -0.25) is 42.7 Å². The maximum atomic E-state index is 13.5. The second-order valence-corrected chi connectivity index (χ2v) is 18.1. The van der Waals surface area contributed by atoms with Crippen LogP contribution in [0.5, 0.6) is 0 Å². The van der Waals surface area contributed by atoms with Crippen LogP contribution in [0.2, 0.25) is 10.0 Å². The molecule has 0 saturated heterocycles. The Bertz CT molecular complexity index is 3650. The van der Waals surface area contributed by atoms with Crippen LogP contribution in [0.15, 0.2) is 161 Å². The van der Waals surface area contributed by atoms with Crippen molar-refractivity contribution in [2.75, 3.05) is 11.1 Å². The Labute approximate surface area is 446 Å². The molecule has 8 N–H and O–H groups in total. The molecule has 5 aromatic heterocycles. The van der Waals surface area contributed by atoms with E-state index in [1.807, 2.05) is 0 Å². The van der Waals surface area contributed by atoms with Crippen LogP contribution in [-0.4, -0.2) is 57.6 Å². The smallest absolute Gasteiger partial charge is 0.276 e. The molecule has 3 amide bonds. The van der Waals surface area contributed by atoms with E-state index in [1.54, 1.807) is 86.9 Å². The highest BCUT2D eigenvalue weighted by Gasteiger charge is 2.41. The van der Waals surface area contributed by atoms with E-state index in [2.05, 4.69) is 40.9 Å². The van der Waals surface area contributed by atoms with Gasteiger partial charge in [0.05, 0.1) is 0 Å². The minimum atomic E-state index is -1.01. The van der Waals surface area contributed by atoms with Crippen molar-refractivity contribution < 1.29 is 32.3 Å². The third-order valence-corrected chi connectivity index (χ3v) is 11.7. The van der Waals surface area contributed by atoms with Crippen LogP contribution in [0.4, 0.5) is 30.5 Å². The summed E-state index contributed by atoms with van der Waals surface area (Å²) in [6.45, 7) is 4.94. The van der Waals surface area contributed by atoms with E-state index in [0.717, 1.165) is 5.56 Å². The highest BCUT2D eigenvalue weighted by atomic mass is 35.5. The van der Waals surface area contributed by atoms with Crippen molar-refractivity contribution in [3.05, 3.63) is 239 Å². The van der Waals surface area contributed by atoms with E-state index in [4.69, 9.17) is 34.7 Å². The van der Waals surface area contributed by atoms with E-state index in [-0.39, 0.29) is 86.3 Å². The number of halogens is 5. The number of nitrogens with one attached hydrogen (secondary N) is 4. The van der Waals surface area contributed by atoms with Crippen molar-refractivity contribution in [2.24, 2.45) is 5.73 Å². The van der Waals surface area contributed by atoms with Gasteiger partial charge in [0, 0.05) is 31.7 Å². The number of aromatic nitrogens is 7. The number of ketones is 1. The maximum absolute atomic E-state index is 13.5. The lowest BCUT2D eigenvalue weighted by Crippen LogP contribution is -2.46. The number of H-pyrrole nitrogens is 1. The van der Waals surface area contributed by atoms with E-state index in [9.17, 15) is 46.7 Å². The SMILES string of the molecule is CC(=O)Cc1cccc(F)c1.CC1(Cc2cccc(F)c2)NC(=O)c2ccc(Cl)c(=O)n21.CC1(Cc2cccc(F)c2)NC(=O)c2ccc(Nc3ccncn3)c(=O)n21.NC(=O)c1ccc(Cl)c(=O)[nH]1.Nc1ccncn1. The molecule has 7 heterocycles. The number of aromatic amines is 1. The number of hydrogen-bond acceptors (Lipinski definition) is 13. The average Bonchev–Trinajstić information content (AvgIpc) is 3.78. The Hall–Kier alpha value is -9.28. The first-order chi connectivity index (χ1) is 36.5. The first kappa shape index (κ1) is 57.0. The topological polar surface area (TPSA) is 285 Å². The number of carbonyl (C=O) groups excluding carboxylic acids is 4. The van der Waals surface area contributed by atoms with Gasteiger partial charge in [-0.25, -0.2) is 33.1 Å². The molecule has 77 heavy (non-hydrogen) atoms. The van der Waals surface area contributed by atoms with E-state index >= 15 is 0 Å². The van der Waals surface area contributed by atoms with E-state index in [1.165, 1.54) is 89.4 Å². The summed E-state index contributed by atoms with van der Waals surface area (Å²) in [7, 11) is 0. The third kappa shape index (κ3) is 15.2. The molecular weight excluding hydrogens is 1040 g/mol. The molecule has 0 fully saturated rings. The zero-order valence-corrected chi connectivity index (χ0v) is 42.6. The van der Waals surface area contributed by atoms with Crippen LogP contribution in [0.3, 0.4) is 0 Å². The lowest BCUT2D eigenvalue weighted by atomic mass is 10.0. The molecule has 2 atom stereocenters. The lowest BCUT2D eigenvalue weighted by Gasteiger charge is -2.27. The number of nitrogen functional groups attached to an aromatic ring is 1. The Morgan fingerprint density at radius 3 is 1.58 bits per heavy atom. The van der Waals surface area contributed by atoms with Crippen molar-refractivity contribution in [1.29, 1.82) is 0 Å². The van der Waals surface area contributed by atoms with Crippen molar-refractivity contribution in [3.63, 3.8) is 0 Å². The van der Waals surface area contributed by atoms with Crippen LogP contribution in [0.25, 0.3) is 0 Å². The molecule has 396 valence electrons. The molecular formula is C53H47Cl2F3N12O7. The number of primary amides is 1. The van der Waals surface area contributed by atoms with Crippen LogP contribution < -0.4 is 44.1 Å². The highest BCUT2D eigenvalue weighted by molar-refractivity contribution is 6.30. The maximum Gasteiger partial charge on any atom is 0.276 e. The molecule has 2 unspecified atom stereocenters. The van der Waals surface area contributed by atoms with Gasteiger partial charge in [-0.05, 0) is 122 Å². The van der Waals surface area contributed by atoms with Crippen LogP contribution >= 0.6 is 23.2 Å². The Kier molecular flexibility index (Phi) is 18.7. The first-order valence-electron chi connectivity index (χ1n) is 22.9. The fourth-order valence-electron chi connectivity index (χ4n) is 7.88. The minimum Gasteiger partial charge on any atom is -0.384 e. The lowest BCUT2D eigenvalue weighted by molar-refractivity contribution is -0.116. The largest absolute Gasteiger partial charge is 0.384 e. The number of rotatable bonds is 9. The quantitative estimate of drug-likeness (QED) is 0.0887. The molecule has 19 nitrogen and oxygen atoms in total. The summed E-state index contributed by atoms with van der Waals surface area (Å²) in [5.74, 6) is -1.37. The fraction of sp³-hybridized carbons (Fsp3) is 0.151. The van der Waals surface area contributed by atoms with Crippen molar-refractivity contribution in [2.45, 2.75) is 51.4 Å². The van der Waals surface area contributed by atoms with Gasteiger partial charge in [0.1, 0.15) is 91.7 Å². The number of benzene rings is 3. The number of pyridine rings is 3. The van der Waals surface area contributed by atoms with Gasteiger partial charge in [0.15, 0.2) is 0 Å². The van der Waals surface area contributed by atoms with E-state index < -0.39 is 28.4 Å². The van der Waals surface area contributed by atoms with Gasteiger partial charge in [-0.1, -0.05) is 59.6 Å². The number of Topliss-reactive ketones (excluding diaryl/α,β-unsaturated/α-hetero) is 1. The zero-order valence-electron chi connectivity index (χ0n) is 41.1. The number of nitrogens with two attached hydrogens (primary N) is 2. The molecule has 0 saturated carbocycles. The average molecular weight is 1090 g/mol. The van der Waals surface area contributed by atoms with Gasteiger partial charge in [0.25, 0.3) is 34.4 Å². The van der Waals surface area contributed by atoms with Gasteiger partial charge < -0.3 is 32.4 Å². The number of fused-ring (bicyclic) bond motifs is 2. The van der Waals surface area contributed by atoms with Crippen molar-refractivity contribution >= 4 is 64.0 Å². The Balaban J connectivity index is 0.000000169. The molecule has 10 rings (SSSR count). The predicted octanol–water partition coefficient (Wildman–Crippen LogP) is 6.62. The summed E-state index contributed by atoms with van der Waals surface area (Å²) in [6.07, 6.45) is 6.80. The van der Waals surface area contributed by atoms with Crippen LogP contribution in [0.1, 0.15) is 68.9 Å². The van der Waals surface area contributed by atoms with E-state index in [0.29, 0.717) is 29.2 Å². The molecule has 0 aliphatic carbocycles. The molecule has 0 radical (unpaired) electrons. The zero-order chi connectivity index (χ0) is 56.0. The van der Waals surface area contributed by atoms with Crippen molar-refractivity contribution in [3.8, 4) is 0 Å². The number of hydrogen-bond donors (Lipinski definition) is 6. The highest BCUT2D eigenvalue weighted by Crippen LogP contribution is 2.28. The molecule has 0 bridgehead atoms. The Morgan fingerprint density at radius 2 is 1.13 bits per heavy atom. The second-order valence-electron chi connectivity index (χ2n) is 17.3. The standard InChI is InChI=1S/C19H16FN5O2.C15H12ClFN2O2.C9H9FO.C6H5ClN2O2.C4H5N3/c1-19(10-12-3-2-4-13(20)9-12)24-17(26)15-6-5-14(18(27)25(15)19)23-16-7-8-21-11-22-16;1-15(8-9-3-2-4-10(17)7-9)18-13(20)12-6-5-11(16)14(21)19(12)15;1-7(11)5-8-3-2-4-9(10)6-8;7-3-1-2-4(5(8)10)9-6(3)11;5-4-1-2-6-3-7-4/h2-9,11H,10H2,1H3,(H,24,26)(H,21,22,23);2-7H,8H2,1H3,(H,18,20);2-4,6H,5H2,1H3;1-2H,(H2,8,10)(H,9,11);1-3H,(H2,5,6,7). The summed E-state index contributed by atoms with van der Waals surface area (Å²) in [6, 6.07) is 30.2. The molecule has 2 aliphatic rings. The van der Waals surface area contributed by atoms with Crippen LogP contribution in [-0.2, 0) is 35.4 Å². The summed E-state index contributed by atoms with van der Waals surface area (Å²) in [4.78, 5) is 98.9. The minimum absolute atomic E-state index is 0.0370. The van der Waals surface area contributed by atoms with Gasteiger partial charge in [0.2, 0.25) is 0 Å². The number of anilines is 3. The van der Waals surface area contributed by atoms with Gasteiger partial charge in [-0.15, -0.1) is 0 Å². The normalized spacial score (nSPS) is 15.4. The number of carbonyl (C=O) groups is 4. The monoisotopic (exact) mass is 1090 g/mol. The summed E-state index contributed by atoms with van der Waals surface area (Å²) in [5, 5.41) is 8.64. The van der Waals surface area contributed by atoms with Crippen LogP contribution in [0, 0.1) is 17.5 Å². The van der Waals surface area contributed by atoms with Crippen molar-refractivity contribution in [1.82, 2.24) is 44.7 Å².